The minimum absolute atomic E-state index is 0.0938. The van der Waals surface area contributed by atoms with Crippen molar-refractivity contribution in [2.45, 2.75) is 60.4 Å². The van der Waals surface area contributed by atoms with Crippen LogP contribution in [0.1, 0.15) is 19.8 Å². The molecular formula is C14H12BF9N2O3S. The van der Waals surface area contributed by atoms with Gasteiger partial charge in [0.2, 0.25) is 0 Å². The molecule has 0 spiro atoms. The highest BCUT2D eigenvalue weighted by Gasteiger charge is 2.80. The standard InChI is InChI=1S/C14H12BF9N2O3S/c1-9(12(16,17)18)5-10(13(19,20)21)6-11(27-9,14(22,23)24)29-15(28-10)7-3-25-8(30-2)26-4-7/h3-4H,5-6H2,1-2H3. The van der Waals surface area contributed by atoms with E-state index in [1.165, 1.54) is 0 Å². The lowest BCUT2D eigenvalue weighted by molar-refractivity contribution is -0.477. The lowest BCUT2D eigenvalue weighted by Crippen LogP contribution is -2.77. The van der Waals surface area contributed by atoms with Crippen molar-refractivity contribution in [3.63, 3.8) is 0 Å². The number of ether oxygens (including phenoxy) is 1. The van der Waals surface area contributed by atoms with Crippen molar-refractivity contribution in [1.82, 2.24) is 9.97 Å². The molecule has 2 fully saturated rings. The first-order chi connectivity index (χ1) is 13.5. The quantitative estimate of drug-likeness (QED) is 0.285. The van der Waals surface area contributed by atoms with Crippen molar-refractivity contribution < 1.29 is 53.6 Å². The maximum Gasteiger partial charge on any atom is 0.500 e. The van der Waals surface area contributed by atoms with Gasteiger partial charge in [-0.2, -0.15) is 39.5 Å². The van der Waals surface area contributed by atoms with Gasteiger partial charge < -0.3 is 14.0 Å². The molecule has 30 heavy (non-hydrogen) atoms. The number of fused-ring (bicyclic) bond motifs is 2. The van der Waals surface area contributed by atoms with Crippen LogP contribution in [-0.2, 0) is 14.0 Å². The molecule has 0 aliphatic carbocycles. The van der Waals surface area contributed by atoms with Gasteiger partial charge in [-0.05, 0) is 13.2 Å². The summed E-state index contributed by atoms with van der Waals surface area (Å²) >= 11 is 1.04. The smallest absolute Gasteiger partial charge is 0.393 e. The van der Waals surface area contributed by atoms with Crippen LogP contribution in [0.25, 0.3) is 0 Å². The molecule has 1 aromatic rings. The molecule has 2 aliphatic heterocycles. The zero-order chi connectivity index (χ0) is 22.8. The predicted molar refractivity (Wildman–Crippen MR) is 83.7 cm³/mol. The number of alkyl halides is 9. The van der Waals surface area contributed by atoms with E-state index < -0.39 is 60.9 Å². The van der Waals surface area contributed by atoms with Crippen molar-refractivity contribution in [1.29, 1.82) is 0 Å². The highest BCUT2D eigenvalue weighted by molar-refractivity contribution is 7.98. The van der Waals surface area contributed by atoms with E-state index in [1.807, 2.05) is 0 Å². The SMILES string of the molecule is CSc1ncc(B2OC3(C(F)(F)F)CC(C)(C(F)(F)F)OC(C(F)(F)F)(C3)O2)cn1. The Morgan fingerprint density at radius 3 is 1.90 bits per heavy atom. The zero-order valence-electron chi connectivity index (χ0n) is 15.1. The Labute approximate surface area is 167 Å². The fourth-order valence-electron chi connectivity index (χ4n) is 3.31. The molecule has 168 valence electrons. The van der Waals surface area contributed by atoms with E-state index >= 15 is 0 Å². The monoisotopic (exact) mass is 470 g/mol. The van der Waals surface area contributed by atoms with E-state index in [0.717, 1.165) is 24.2 Å². The van der Waals surface area contributed by atoms with Gasteiger partial charge in [-0.25, -0.2) is 9.97 Å². The molecule has 1 aromatic heterocycles. The lowest BCUT2D eigenvalue weighted by Gasteiger charge is -2.58. The Morgan fingerprint density at radius 2 is 1.47 bits per heavy atom. The summed E-state index contributed by atoms with van der Waals surface area (Å²) in [6.45, 7) is 0.0938. The van der Waals surface area contributed by atoms with Crippen LogP contribution in [0.15, 0.2) is 17.6 Å². The Morgan fingerprint density at radius 1 is 0.900 bits per heavy atom. The molecule has 2 aliphatic rings. The third-order valence-electron chi connectivity index (χ3n) is 4.81. The van der Waals surface area contributed by atoms with E-state index in [0.29, 0.717) is 0 Å². The van der Waals surface area contributed by atoms with Gasteiger partial charge in [-0.3, -0.25) is 0 Å². The number of halogens is 9. The van der Waals surface area contributed by atoms with Crippen LogP contribution < -0.4 is 5.46 Å². The number of hydrogen-bond donors (Lipinski definition) is 0. The first kappa shape index (κ1) is 23.4. The second-order valence-electron chi connectivity index (χ2n) is 7.00. The molecule has 3 rings (SSSR count). The Kier molecular flexibility index (Phi) is 5.36. The van der Waals surface area contributed by atoms with Gasteiger partial charge >= 0.3 is 25.6 Å². The largest absolute Gasteiger partial charge is 0.500 e. The third kappa shape index (κ3) is 3.64. The first-order valence-corrected chi connectivity index (χ1v) is 9.32. The second-order valence-corrected chi connectivity index (χ2v) is 7.77. The molecule has 16 heteroatoms. The van der Waals surface area contributed by atoms with Gasteiger partial charge in [-0.15, -0.1) is 0 Å². The van der Waals surface area contributed by atoms with Gasteiger partial charge in [-0.1, -0.05) is 11.8 Å². The summed E-state index contributed by atoms with van der Waals surface area (Å²) in [5, 5.41) is 0.145. The van der Waals surface area contributed by atoms with E-state index in [4.69, 9.17) is 4.65 Å². The van der Waals surface area contributed by atoms with Crippen LogP contribution in [0.4, 0.5) is 39.5 Å². The fraction of sp³-hybridized carbons (Fsp3) is 0.714. The zero-order valence-corrected chi connectivity index (χ0v) is 15.9. The maximum atomic E-state index is 13.9. The van der Waals surface area contributed by atoms with Crippen molar-refractivity contribution in [3.05, 3.63) is 12.4 Å². The van der Waals surface area contributed by atoms with Gasteiger partial charge in [0.05, 0.1) is 0 Å². The normalized spacial score (nSPS) is 33.0. The summed E-state index contributed by atoms with van der Waals surface area (Å²) in [7, 11) is -2.38. The van der Waals surface area contributed by atoms with Crippen LogP contribution in [0, 0.1) is 0 Å². The molecular weight excluding hydrogens is 458 g/mol. The Balaban J connectivity index is 2.16. The average Bonchev–Trinajstić information content (AvgIpc) is 2.58. The van der Waals surface area contributed by atoms with Gasteiger partial charge in [0.15, 0.2) is 16.4 Å². The molecule has 0 amide bonds. The van der Waals surface area contributed by atoms with E-state index in [1.54, 1.807) is 6.26 Å². The van der Waals surface area contributed by atoms with E-state index in [-0.39, 0.29) is 12.1 Å². The Bertz CT molecular complexity index is 764. The number of rotatable bonds is 2. The molecule has 2 bridgehead atoms. The summed E-state index contributed by atoms with van der Waals surface area (Å²) in [5.41, 5.74) is -8.15. The molecule has 0 N–H and O–H groups in total. The van der Waals surface area contributed by atoms with Crippen LogP contribution in [-0.4, -0.2) is 58.9 Å². The maximum absolute atomic E-state index is 13.9. The topological polar surface area (TPSA) is 53.5 Å². The molecule has 0 radical (unpaired) electrons. The highest BCUT2D eigenvalue weighted by Crippen LogP contribution is 2.61. The summed E-state index contributed by atoms with van der Waals surface area (Å²) in [6.07, 6.45) is -17.7. The van der Waals surface area contributed by atoms with Crippen molar-refractivity contribution >= 4 is 24.3 Å². The molecule has 0 aromatic carbocycles. The minimum atomic E-state index is -5.75. The minimum Gasteiger partial charge on any atom is -0.393 e. The van der Waals surface area contributed by atoms with E-state index in [9.17, 15) is 39.5 Å². The van der Waals surface area contributed by atoms with Gasteiger partial charge in [0, 0.05) is 30.7 Å². The van der Waals surface area contributed by atoms with Gasteiger partial charge in [0.1, 0.15) is 0 Å². The first-order valence-electron chi connectivity index (χ1n) is 8.09. The van der Waals surface area contributed by atoms with Gasteiger partial charge in [0.25, 0.3) is 5.79 Å². The molecule has 5 nitrogen and oxygen atoms in total. The summed E-state index contributed by atoms with van der Waals surface area (Å²) in [4.78, 5) is 7.42. The molecule has 3 atom stereocenters. The van der Waals surface area contributed by atoms with Crippen molar-refractivity contribution in [2.24, 2.45) is 0 Å². The average molecular weight is 470 g/mol. The predicted octanol–water partition coefficient (Wildman–Crippen LogP) is 3.63. The van der Waals surface area contributed by atoms with Crippen molar-refractivity contribution in [2.75, 3.05) is 6.26 Å². The molecule has 3 unspecified atom stereocenters. The number of aromatic nitrogens is 2. The van der Waals surface area contributed by atoms with Crippen LogP contribution in [0.3, 0.4) is 0 Å². The second kappa shape index (κ2) is 6.87. The summed E-state index contributed by atoms with van der Waals surface area (Å²) < 4.78 is 137. The Hall–Kier alpha value is -1.26. The van der Waals surface area contributed by atoms with E-state index in [2.05, 4.69) is 19.4 Å². The number of hydrogen-bond acceptors (Lipinski definition) is 6. The lowest BCUT2D eigenvalue weighted by atomic mass is 9.69. The highest BCUT2D eigenvalue weighted by atomic mass is 32.2. The molecule has 3 heterocycles. The van der Waals surface area contributed by atoms with Crippen LogP contribution in [0.5, 0.6) is 0 Å². The summed E-state index contributed by atoms with van der Waals surface area (Å²) in [6, 6.07) is 0. The molecule has 0 saturated carbocycles. The number of nitrogens with zero attached hydrogens (tertiary/aromatic N) is 2. The third-order valence-corrected chi connectivity index (χ3v) is 5.39. The fourth-order valence-corrected chi connectivity index (χ4v) is 3.63. The summed E-state index contributed by atoms with van der Waals surface area (Å²) in [5.74, 6) is -4.23. The molecule has 2 saturated heterocycles. The number of thioether (sulfide) groups is 1. The van der Waals surface area contributed by atoms with Crippen LogP contribution >= 0.6 is 11.8 Å². The van der Waals surface area contributed by atoms with Crippen LogP contribution in [0.2, 0.25) is 0 Å². The van der Waals surface area contributed by atoms with Crippen molar-refractivity contribution in [3.8, 4) is 0 Å².